The number of oxime groups is 1. The van der Waals surface area contributed by atoms with Crippen LogP contribution in [-0.2, 0) is 16.1 Å². The second-order valence-corrected chi connectivity index (χ2v) is 8.24. The second kappa shape index (κ2) is 9.09. The summed E-state index contributed by atoms with van der Waals surface area (Å²) in [4.78, 5) is 38.6. The first-order valence-corrected chi connectivity index (χ1v) is 10.6. The van der Waals surface area contributed by atoms with Gasteiger partial charge in [0.05, 0.1) is 35.3 Å². The molecule has 1 atom stereocenters. The third kappa shape index (κ3) is 4.41. The molecule has 0 fully saturated rings. The minimum Gasteiger partial charge on any atom is -0.379 e. The number of nitrogens with one attached hydrogen (secondary N) is 1. The van der Waals surface area contributed by atoms with E-state index in [1.165, 1.54) is 18.5 Å². The van der Waals surface area contributed by atoms with Crippen molar-refractivity contribution in [2.24, 2.45) is 5.16 Å². The highest BCUT2D eigenvalue weighted by Gasteiger charge is 2.41. The molecular weight excluding hydrogens is 442 g/mol. The van der Waals surface area contributed by atoms with Crippen LogP contribution in [0.4, 0.5) is 8.78 Å². The van der Waals surface area contributed by atoms with Gasteiger partial charge in [-0.05, 0) is 37.6 Å². The molecule has 1 N–H and O–H groups in total. The predicted molar refractivity (Wildman–Crippen MR) is 121 cm³/mol. The third-order valence-electron chi connectivity index (χ3n) is 5.70. The van der Waals surface area contributed by atoms with Gasteiger partial charge < -0.3 is 10.2 Å². The lowest BCUT2D eigenvalue weighted by molar-refractivity contribution is -0.141. The number of rotatable bonds is 6. The number of hydrogen-bond donors (Lipinski definition) is 1. The summed E-state index contributed by atoms with van der Waals surface area (Å²) in [5.74, 6) is -2.79. The van der Waals surface area contributed by atoms with Crippen molar-refractivity contribution in [2.75, 3.05) is 7.05 Å². The summed E-state index contributed by atoms with van der Waals surface area (Å²) >= 11 is 0. The van der Waals surface area contributed by atoms with E-state index < -0.39 is 28.6 Å². The Labute approximate surface area is 194 Å². The minimum atomic E-state index is -1.07. The molecule has 0 bridgehead atoms. The fraction of sp³-hybridized carbons (Fsp3) is 0.240. The Morgan fingerprint density at radius 1 is 1.12 bits per heavy atom. The molecule has 0 saturated heterocycles. The molecule has 0 saturated carbocycles. The number of ketones is 1. The van der Waals surface area contributed by atoms with E-state index in [1.54, 1.807) is 14.0 Å². The third-order valence-corrected chi connectivity index (χ3v) is 5.70. The molecule has 0 spiro atoms. The number of carbonyl (C=O) groups is 2. The van der Waals surface area contributed by atoms with E-state index in [2.05, 4.69) is 20.4 Å². The van der Waals surface area contributed by atoms with Gasteiger partial charge in [0, 0.05) is 30.8 Å². The molecule has 1 amide bonds. The van der Waals surface area contributed by atoms with Gasteiger partial charge in [-0.2, -0.15) is 0 Å². The van der Waals surface area contributed by atoms with E-state index in [-0.39, 0.29) is 12.3 Å². The number of halogens is 2. The lowest BCUT2D eigenvalue weighted by Crippen LogP contribution is -2.43. The quantitative estimate of drug-likeness (QED) is 0.561. The monoisotopic (exact) mass is 464 g/mol. The van der Waals surface area contributed by atoms with Gasteiger partial charge in [-0.3, -0.25) is 19.6 Å². The molecule has 2 heterocycles. The fourth-order valence-electron chi connectivity index (χ4n) is 3.76. The van der Waals surface area contributed by atoms with Crippen LogP contribution < -0.4 is 5.32 Å². The Balaban J connectivity index is 1.54. The summed E-state index contributed by atoms with van der Waals surface area (Å²) < 4.78 is 27.7. The van der Waals surface area contributed by atoms with Crippen LogP contribution in [0.5, 0.6) is 0 Å². The molecule has 1 unspecified atom stereocenters. The lowest BCUT2D eigenvalue weighted by Gasteiger charge is -2.18. The Hall–Kier alpha value is -4.01. The summed E-state index contributed by atoms with van der Waals surface area (Å²) in [7, 11) is 1.54. The maximum atomic E-state index is 13.9. The van der Waals surface area contributed by atoms with Gasteiger partial charge in [0.2, 0.25) is 5.60 Å². The van der Waals surface area contributed by atoms with Gasteiger partial charge in [0.25, 0.3) is 5.91 Å². The van der Waals surface area contributed by atoms with Crippen LogP contribution in [0.15, 0.2) is 53.9 Å². The Morgan fingerprint density at radius 2 is 1.85 bits per heavy atom. The molecule has 4 rings (SSSR count). The van der Waals surface area contributed by atoms with Crippen LogP contribution in [0.2, 0.25) is 0 Å². The first-order chi connectivity index (χ1) is 16.2. The highest BCUT2D eigenvalue weighted by Crippen LogP contribution is 2.29. The zero-order valence-corrected chi connectivity index (χ0v) is 18.9. The van der Waals surface area contributed by atoms with Gasteiger partial charge >= 0.3 is 0 Å². The van der Waals surface area contributed by atoms with Gasteiger partial charge in [-0.1, -0.05) is 23.4 Å². The van der Waals surface area contributed by atoms with E-state index >= 15 is 0 Å². The molecule has 0 radical (unpaired) electrons. The van der Waals surface area contributed by atoms with Gasteiger partial charge in [-0.15, -0.1) is 0 Å². The van der Waals surface area contributed by atoms with Crippen LogP contribution >= 0.6 is 0 Å². The van der Waals surface area contributed by atoms with Crippen molar-refractivity contribution in [3.8, 4) is 11.3 Å². The standard InChI is InChI=1S/C25H22F2N4O3/c1-14-7-8-15(20-11-25(2,34-31-20)24(33)28-3)9-17(14)21-13-29-16(12-30-21)10-22(32)23-18(26)5-4-6-19(23)27/h4-9,12-13H,10-11H2,1-3H3,(H,28,33). The van der Waals surface area contributed by atoms with Crippen molar-refractivity contribution in [3.63, 3.8) is 0 Å². The highest BCUT2D eigenvalue weighted by atomic mass is 19.1. The van der Waals surface area contributed by atoms with Crippen molar-refractivity contribution in [1.82, 2.24) is 15.3 Å². The molecule has 1 aliphatic rings. The normalized spacial score (nSPS) is 17.1. The molecule has 7 nitrogen and oxygen atoms in total. The number of nitrogens with zero attached hydrogens (tertiary/aromatic N) is 3. The maximum absolute atomic E-state index is 13.9. The van der Waals surface area contributed by atoms with Crippen LogP contribution in [0, 0.1) is 18.6 Å². The van der Waals surface area contributed by atoms with E-state index in [4.69, 9.17) is 4.84 Å². The number of aryl methyl sites for hydroxylation is 1. The molecule has 2 aromatic carbocycles. The SMILES string of the molecule is CNC(=O)C1(C)CC(c2ccc(C)c(-c3cnc(CC(=O)c4c(F)cccc4F)cn3)c2)=NO1. The Bertz CT molecular complexity index is 1290. The first kappa shape index (κ1) is 23.2. The number of hydrogen-bond acceptors (Lipinski definition) is 6. The van der Waals surface area contributed by atoms with E-state index in [0.717, 1.165) is 28.8 Å². The Kier molecular flexibility index (Phi) is 6.19. The first-order valence-electron chi connectivity index (χ1n) is 10.6. The average Bonchev–Trinajstić information content (AvgIpc) is 3.22. The largest absolute Gasteiger partial charge is 0.379 e. The maximum Gasteiger partial charge on any atom is 0.266 e. The van der Waals surface area contributed by atoms with Crippen LogP contribution in [0.25, 0.3) is 11.3 Å². The van der Waals surface area contributed by atoms with Crippen molar-refractivity contribution >= 4 is 17.4 Å². The van der Waals surface area contributed by atoms with Crippen LogP contribution in [0.1, 0.15) is 40.5 Å². The van der Waals surface area contributed by atoms with Gasteiger partial charge in [0.1, 0.15) is 11.6 Å². The summed E-state index contributed by atoms with van der Waals surface area (Å²) in [6.07, 6.45) is 2.95. The summed E-state index contributed by atoms with van der Waals surface area (Å²) in [5.41, 5.74) is 2.34. The molecule has 174 valence electrons. The van der Waals surface area contributed by atoms with E-state index in [9.17, 15) is 18.4 Å². The molecule has 3 aromatic rings. The number of amides is 1. The second-order valence-electron chi connectivity index (χ2n) is 8.24. The van der Waals surface area contributed by atoms with Crippen molar-refractivity contribution in [2.45, 2.75) is 32.3 Å². The van der Waals surface area contributed by atoms with Gasteiger partial charge in [0.15, 0.2) is 5.78 Å². The number of benzene rings is 2. The average molecular weight is 464 g/mol. The zero-order chi connectivity index (χ0) is 24.5. The molecule has 0 aliphatic carbocycles. The topological polar surface area (TPSA) is 93.5 Å². The van der Waals surface area contributed by atoms with Gasteiger partial charge in [-0.25, -0.2) is 8.78 Å². The van der Waals surface area contributed by atoms with E-state index in [1.807, 2.05) is 25.1 Å². The summed E-state index contributed by atoms with van der Waals surface area (Å²) in [6.45, 7) is 3.59. The van der Waals surface area contributed by atoms with Crippen molar-refractivity contribution in [3.05, 3.63) is 82.8 Å². The lowest BCUT2D eigenvalue weighted by atomic mass is 9.93. The van der Waals surface area contributed by atoms with Crippen LogP contribution in [0.3, 0.4) is 0 Å². The number of likely N-dealkylation sites (N-methyl/N-ethyl adjacent to an activating group) is 1. The summed E-state index contributed by atoms with van der Waals surface area (Å²) in [6, 6.07) is 8.96. The summed E-state index contributed by atoms with van der Waals surface area (Å²) in [5, 5.41) is 6.68. The molecule has 1 aliphatic heterocycles. The minimum absolute atomic E-state index is 0.259. The fourth-order valence-corrected chi connectivity index (χ4v) is 3.76. The smallest absolute Gasteiger partial charge is 0.266 e. The van der Waals surface area contributed by atoms with Crippen molar-refractivity contribution < 1.29 is 23.2 Å². The zero-order valence-electron chi connectivity index (χ0n) is 18.9. The van der Waals surface area contributed by atoms with Crippen LogP contribution in [-0.4, -0.2) is 40.0 Å². The molecule has 9 heteroatoms. The number of aromatic nitrogens is 2. The predicted octanol–water partition coefficient (Wildman–Crippen LogP) is 3.78. The Morgan fingerprint density at radius 3 is 2.50 bits per heavy atom. The molecule has 34 heavy (non-hydrogen) atoms. The number of Topliss-reactive ketones (excluding diaryl/α,β-unsaturated/α-hetero) is 1. The molecule has 1 aromatic heterocycles. The highest BCUT2D eigenvalue weighted by molar-refractivity contribution is 6.06. The van der Waals surface area contributed by atoms with E-state index in [0.29, 0.717) is 23.5 Å². The number of carbonyl (C=O) groups excluding carboxylic acids is 2. The van der Waals surface area contributed by atoms with Crippen molar-refractivity contribution in [1.29, 1.82) is 0 Å². The molecular formula is C25H22F2N4O3.